The first kappa shape index (κ1) is 10.0. The topological polar surface area (TPSA) is 0 Å². The third-order valence-electron chi connectivity index (χ3n) is 7.00. The van der Waals surface area contributed by atoms with Crippen molar-refractivity contribution in [2.75, 3.05) is 0 Å². The standard InChI is InChI=1S/C15H23B/c1-7-3-12-10-4-9-5-11(8(10)2)14(15(7)16)13(12)6-9/h7-15H,3-6H2,1-2H3. The SMILES string of the molecule is [B]C1C(C)CC2C3CC4CC(C3C)C1C2C4. The van der Waals surface area contributed by atoms with Crippen LogP contribution in [-0.4, -0.2) is 7.85 Å². The van der Waals surface area contributed by atoms with E-state index in [9.17, 15) is 0 Å². The summed E-state index contributed by atoms with van der Waals surface area (Å²) in [5, 5.41) is 0. The van der Waals surface area contributed by atoms with E-state index >= 15 is 0 Å². The fourth-order valence-corrected chi connectivity index (χ4v) is 6.40. The fraction of sp³-hybridized carbons (Fsp3) is 1.00. The van der Waals surface area contributed by atoms with Crippen molar-refractivity contribution in [3.8, 4) is 0 Å². The molecular weight excluding hydrogens is 191 g/mol. The molecule has 9 unspecified atom stereocenters. The molecule has 6 bridgehead atoms. The Morgan fingerprint density at radius 1 is 0.812 bits per heavy atom. The zero-order chi connectivity index (χ0) is 11.0. The second kappa shape index (κ2) is 3.09. The van der Waals surface area contributed by atoms with Crippen LogP contribution in [0.2, 0.25) is 5.82 Å². The summed E-state index contributed by atoms with van der Waals surface area (Å²) in [4.78, 5) is 0. The van der Waals surface area contributed by atoms with E-state index in [1.165, 1.54) is 19.3 Å². The Bertz CT molecular complexity index is 305. The summed E-state index contributed by atoms with van der Waals surface area (Å²) < 4.78 is 0. The minimum atomic E-state index is 0.522. The molecule has 9 atom stereocenters. The van der Waals surface area contributed by atoms with E-state index < -0.39 is 0 Å². The van der Waals surface area contributed by atoms with Crippen molar-refractivity contribution >= 4 is 7.85 Å². The molecule has 0 heterocycles. The Morgan fingerprint density at radius 3 is 2.31 bits per heavy atom. The molecule has 5 aliphatic rings. The van der Waals surface area contributed by atoms with Crippen molar-refractivity contribution in [3.63, 3.8) is 0 Å². The molecule has 5 fully saturated rings. The van der Waals surface area contributed by atoms with E-state index in [2.05, 4.69) is 13.8 Å². The van der Waals surface area contributed by atoms with Crippen molar-refractivity contribution < 1.29 is 0 Å². The van der Waals surface area contributed by atoms with Crippen LogP contribution in [0.5, 0.6) is 0 Å². The molecule has 2 radical (unpaired) electrons. The lowest BCUT2D eigenvalue weighted by Crippen LogP contribution is -2.59. The molecule has 0 amide bonds. The third-order valence-corrected chi connectivity index (χ3v) is 7.00. The van der Waals surface area contributed by atoms with Gasteiger partial charge >= 0.3 is 0 Å². The first-order chi connectivity index (χ1) is 7.66. The van der Waals surface area contributed by atoms with Crippen LogP contribution in [-0.2, 0) is 0 Å². The van der Waals surface area contributed by atoms with Gasteiger partial charge in [0.2, 0.25) is 0 Å². The molecule has 86 valence electrons. The lowest BCUT2D eigenvalue weighted by molar-refractivity contribution is -0.154. The Balaban J connectivity index is 1.78. The largest absolute Gasteiger partial charge is 0.0715 e. The summed E-state index contributed by atoms with van der Waals surface area (Å²) in [6.07, 6.45) is 6.06. The predicted octanol–water partition coefficient (Wildman–Crippen LogP) is 3.53. The molecule has 0 saturated heterocycles. The first-order valence-corrected chi connectivity index (χ1v) is 7.42. The van der Waals surface area contributed by atoms with Gasteiger partial charge in [0.05, 0.1) is 7.85 Å². The predicted molar refractivity (Wildman–Crippen MR) is 67.2 cm³/mol. The van der Waals surface area contributed by atoms with Gasteiger partial charge in [-0.15, -0.1) is 0 Å². The average Bonchev–Trinajstić information content (AvgIpc) is 2.27. The molecule has 0 aliphatic heterocycles. The van der Waals surface area contributed by atoms with Crippen LogP contribution in [0.3, 0.4) is 0 Å². The van der Waals surface area contributed by atoms with Gasteiger partial charge in [0.1, 0.15) is 0 Å². The fourth-order valence-electron chi connectivity index (χ4n) is 6.40. The molecule has 0 aromatic rings. The molecule has 0 nitrogen and oxygen atoms in total. The molecule has 5 aliphatic carbocycles. The Kier molecular flexibility index (Phi) is 1.94. The lowest BCUT2D eigenvalue weighted by atomic mass is 9.37. The molecule has 0 spiro atoms. The van der Waals surface area contributed by atoms with E-state index in [0.29, 0.717) is 5.82 Å². The summed E-state index contributed by atoms with van der Waals surface area (Å²) in [5.74, 6) is 8.45. The van der Waals surface area contributed by atoms with Crippen LogP contribution < -0.4 is 0 Å². The van der Waals surface area contributed by atoms with Gasteiger partial charge in [-0.2, -0.15) is 0 Å². The van der Waals surface area contributed by atoms with Gasteiger partial charge in [-0.25, -0.2) is 0 Å². The zero-order valence-corrected chi connectivity index (χ0v) is 10.6. The van der Waals surface area contributed by atoms with E-state index in [0.717, 1.165) is 47.3 Å². The summed E-state index contributed by atoms with van der Waals surface area (Å²) in [6, 6.07) is 0. The van der Waals surface area contributed by atoms with Crippen molar-refractivity contribution in [2.24, 2.45) is 47.3 Å². The minimum absolute atomic E-state index is 0.522. The Labute approximate surface area is 101 Å². The minimum Gasteiger partial charge on any atom is -0.0715 e. The van der Waals surface area contributed by atoms with E-state index in [-0.39, 0.29) is 0 Å². The summed E-state index contributed by atoms with van der Waals surface area (Å²) in [6.45, 7) is 4.95. The maximum absolute atomic E-state index is 6.54. The van der Waals surface area contributed by atoms with Crippen molar-refractivity contribution in [2.45, 2.75) is 45.3 Å². The third kappa shape index (κ3) is 1.04. The number of rotatable bonds is 0. The molecule has 0 aromatic heterocycles. The van der Waals surface area contributed by atoms with E-state index in [1.807, 2.05) is 0 Å². The average molecular weight is 214 g/mol. The summed E-state index contributed by atoms with van der Waals surface area (Å²) in [5.41, 5.74) is 0. The maximum Gasteiger partial charge on any atom is 0.0707 e. The molecule has 0 N–H and O–H groups in total. The van der Waals surface area contributed by atoms with Gasteiger partial charge in [-0.3, -0.25) is 0 Å². The summed E-state index contributed by atoms with van der Waals surface area (Å²) in [7, 11) is 6.54. The smallest absolute Gasteiger partial charge is 0.0707 e. The quantitative estimate of drug-likeness (QED) is 0.541. The molecule has 5 saturated carbocycles. The van der Waals surface area contributed by atoms with Crippen LogP contribution in [0, 0.1) is 47.3 Å². The van der Waals surface area contributed by atoms with Gasteiger partial charge in [0.15, 0.2) is 0 Å². The molecule has 0 aromatic carbocycles. The van der Waals surface area contributed by atoms with Gasteiger partial charge in [-0.05, 0) is 73.0 Å². The summed E-state index contributed by atoms with van der Waals surface area (Å²) >= 11 is 0. The highest BCUT2D eigenvalue weighted by Crippen LogP contribution is 2.68. The van der Waals surface area contributed by atoms with Gasteiger partial charge < -0.3 is 0 Å². The van der Waals surface area contributed by atoms with Crippen LogP contribution in [0.15, 0.2) is 0 Å². The lowest BCUT2D eigenvalue weighted by Gasteiger charge is -2.66. The second-order valence-corrected chi connectivity index (χ2v) is 7.46. The monoisotopic (exact) mass is 214 g/mol. The molecular formula is C15H23B. The van der Waals surface area contributed by atoms with Crippen LogP contribution in [0.1, 0.15) is 39.5 Å². The zero-order valence-electron chi connectivity index (χ0n) is 10.6. The number of hydrogen-bond acceptors (Lipinski definition) is 0. The molecule has 1 heteroatoms. The van der Waals surface area contributed by atoms with Crippen molar-refractivity contribution in [1.82, 2.24) is 0 Å². The van der Waals surface area contributed by atoms with E-state index in [4.69, 9.17) is 7.85 Å². The normalized spacial score (nSPS) is 67.2. The van der Waals surface area contributed by atoms with Crippen LogP contribution in [0.4, 0.5) is 0 Å². The highest BCUT2D eigenvalue weighted by molar-refractivity contribution is 6.12. The van der Waals surface area contributed by atoms with Crippen molar-refractivity contribution in [3.05, 3.63) is 0 Å². The van der Waals surface area contributed by atoms with E-state index in [1.54, 1.807) is 6.42 Å². The Morgan fingerprint density at radius 2 is 1.50 bits per heavy atom. The maximum atomic E-state index is 6.54. The highest BCUT2D eigenvalue weighted by Gasteiger charge is 2.59. The Hall–Kier alpha value is 0.0649. The first-order valence-electron chi connectivity index (χ1n) is 7.42. The molecule has 5 rings (SSSR count). The van der Waals surface area contributed by atoms with Gasteiger partial charge in [0, 0.05) is 0 Å². The van der Waals surface area contributed by atoms with Crippen LogP contribution >= 0.6 is 0 Å². The van der Waals surface area contributed by atoms with Crippen molar-refractivity contribution in [1.29, 1.82) is 0 Å². The van der Waals surface area contributed by atoms with Crippen LogP contribution in [0.25, 0.3) is 0 Å². The second-order valence-electron chi connectivity index (χ2n) is 7.46. The molecule has 16 heavy (non-hydrogen) atoms. The van der Waals surface area contributed by atoms with Gasteiger partial charge in [0.25, 0.3) is 0 Å². The van der Waals surface area contributed by atoms with Gasteiger partial charge in [-0.1, -0.05) is 19.7 Å². The number of hydrogen-bond donors (Lipinski definition) is 0. The highest BCUT2D eigenvalue weighted by atomic mass is 14.6.